The molecule has 0 atom stereocenters. The second-order valence-corrected chi connectivity index (χ2v) is 8.78. The van der Waals surface area contributed by atoms with Gasteiger partial charge in [-0.2, -0.15) is 13.2 Å². The Kier molecular flexibility index (Phi) is 7.13. The first kappa shape index (κ1) is 22.8. The average Bonchev–Trinajstić information content (AvgIpc) is 3.06. The topological polar surface area (TPSA) is 63.1 Å². The fraction of sp³-hybridized carbons (Fsp3) is 0.609. The van der Waals surface area contributed by atoms with Crippen LogP contribution >= 0.6 is 0 Å². The Hall–Kier alpha value is -2.42. The number of nitrogens with zero attached hydrogens (tertiary/aromatic N) is 4. The van der Waals surface area contributed by atoms with Gasteiger partial charge in [-0.1, -0.05) is 37.5 Å². The predicted molar refractivity (Wildman–Crippen MR) is 114 cm³/mol. The highest BCUT2D eigenvalue weighted by atomic mass is 19.4. The van der Waals surface area contributed by atoms with E-state index in [-0.39, 0.29) is 11.8 Å². The fourth-order valence-electron chi connectivity index (χ4n) is 4.68. The molecule has 1 amide bonds. The van der Waals surface area contributed by atoms with Gasteiger partial charge in [0, 0.05) is 51.5 Å². The second kappa shape index (κ2) is 10.0. The minimum absolute atomic E-state index is 0.142. The lowest BCUT2D eigenvalue weighted by molar-refractivity contribution is -0.137. The van der Waals surface area contributed by atoms with Gasteiger partial charge in [0.1, 0.15) is 11.6 Å². The maximum atomic E-state index is 13.0. The first-order valence-electron chi connectivity index (χ1n) is 11.5. The van der Waals surface area contributed by atoms with E-state index in [2.05, 4.69) is 25.0 Å². The molecule has 1 aromatic heterocycles. The lowest BCUT2D eigenvalue weighted by atomic mass is 9.89. The van der Waals surface area contributed by atoms with Crippen molar-refractivity contribution in [2.45, 2.75) is 64.2 Å². The molecule has 1 aliphatic heterocycles. The Morgan fingerprint density at radius 3 is 2.69 bits per heavy atom. The summed E-state index contributed by atoms with van der Waals surface area (Å²) in [4.78, 5) is 14.5. The predicted octanol–water partition coefficient (Wildman–Crippen LogP) is 3.59. The zero-order chi connectivity index (χ0) is 22.6. The number of amides is 1. The standard InChI is InChI=1S/C23H30F3N5O/c24-23(25,26)19-8-4-5-17(15-19)16-30-12-10-21-29-28-20(31(21)14-13-30)9-11-27-22(32)18-6-2-1-3-7-18/h4-5,8,15,18H,1-3,6-7,9-14,16H2,(H,27,32). The number of halogens is 3. The van der Waals surface area contributed by atoms with Crippen LogP contribution in [0.15, 0.2) is 24.3 Å². The number of fused-ring (bicyclic) bond motifs is 1. The number of aromatic nitrogens is 3. The van der Waals surface area contributed by atoms with Crippen LogP contribution in [0.3, 0.4) is 0 Å². The largest absolute Gasteiger partial charge is 0.416 e. The molecular weight excluding hydrogens is 419 g/mol. The number of hydrogen-bond acceptors (Lipinski definition) is 4. The Labute approximate surface area is 186 Å². The smallest absolute Gasteiger partial charge is 0.355 e. The van der Waals surface area contributed by atoms with Crippen LogP contribution in [0.25, 0.3) is 0 Å². The van der Waals surface area contributed by atoms with Gasteiger partial charge >= 0.3 is 6.18 Å². The van der Waals surface area contributed by atoms with Gasteiger partial charge in [-0.05, 0) is 24.5 Å². The molecule has 0 saturated heterocycles. The van der Waals surface area contributed by atoms with Gasteiger partial charge in [-0.3, -0.25) is 9.69 Å². The number of carbonyl (C=O) groups is 1. The van der Waals surface area contributed by atoms with Crippen LogP contribution in [0.2, 0.25) is 0 Å². The minimum Gasteiger partial charge on any atom is -0.355 e. The van der Waals surface area contributed by atoms with Crippen molar-refractivity contribution in [1.82, 2.24) is 25.0 Å². The third kappa shape index (κ3) is 5.68. The molecule has 1 saturated carbocycles. The van der Waals surface area contributed by atoms with Crippen LogP contribution < -0.4 is 5.32 Å². The monoisotopic (exact) mass is 449 g/mol. The molecule has 0 spiro atoms. The highest BCUT2D eigenvalue weighted by Crippen LogP contribution is 2.30. The molecule has 1 fully saturated rings. The maximum absolute atomic E-state index is 13.0. The van der Waals surface area contributed by atoms with Crippen LogP contribution in [0.1, 0.15) is 54.9 Å². The number of rotatable bonds is 6. The van der Waals surface area contributed by atoms with E-state index in [4.69, 9.17) is 0 Å². The van der Waals surface area contributed by atoms with E-state index in [0.29, 0.717) is 51.1 Å². The molecule has 0 unspecified atom stereocenters. The van der Waals surface area contributed by atoms with Gasteiger partial charge < -0.3 is 9.88 Å². The summed E-state index contributed by atoms with van der Waals surface area (Å²) in [6, 6.07) is 5.53. The molecule has 2 aromatic rings. The van der Waals surface area contributed by atoms with E-state index in [1.807, 2.05) is 0 Å². The third-order valence-electron chi connectivity index (χ3n) is 6.48. The van der Waals surface area contributed by atoms with Crippen molar-refractivity contribution in [3.63, 3.8) is 0 Å². The zero-order valence-corrected chi connectivity index (χ0v) is 18.2. The zero-order valence-electron chi connectivity index (χ0n) is 18.2. The normalized spacial score (nSPS) is 18.2. The molecule has 0 bridgehead atoms. The quantitative estimate of drug-likeness (QED) is 0.732. The van der Waals surface area contributed by atoms with Crippen molar-refractivity contribution in [3.05, 3.63) is 47.0 Å². The van der Waals surface area contributed by atoms with Crippen molar-refractivity contribution in [3.8, 4) is 0 Å². The summed E-state index contributed by atoms with van der Waals surface area (Å²) < 4.78 is 41.1. The SMILES string of the molecule is O=C(NCCc1nnc2n1CCN(Cc1cccc(C(F)(F)F)c1)CC2)C1CCCCC1. The van der Waals surface area contributed by atoms with Gasteiger partial charge in [-0.15, -0.1) is 10.2 Å². The van der Waals surface area contributed by atoms with Crippen LogP contribution in [-0.2, 0) is 36.9 Å². The van der Waals surface area contributed by atoms with Gasteiger partial charge in [0.2, 0.25) is 5.91 Å². The highest BCUT2D eigenvalue weighted by molar-refractivity contribution is 5.78. The molecule has 4 rings (SSSR count). The minimum atomic E-state index is -4.33. The van der Waals surface area contributed by atoms with E-state index in [1.54, 1.807) is 6.07 Å². The van der Waals surface area contributed by atoms with Crippen LogP contribution in [0.4, 0.5) is 13.2 Å². The summed E-state index contributed by atoms with van der Waals surface area (Å²) >= 11 is 0. The number of hydrogen-bond donors (Lipinski definition) is 1. The van der Waals surface area contributed by atoms with Gasteiger partial charge in [0.05, 0.1) is 5.56 Å². The number of nitrogens with one attached hydrogen (secondary N) is 1. The Morgan fingerprint density at radius 2 is 1.91 bits per heavy atom. The number of alkyl halides is 3. The lowest BCUT2D eigenvalue weighted by Gasteiger charge is -2.21. The Bertz CT molecular complexity index is 921. The second-order valence-electron chi connectivity index (χ2n) is 8.78. The van der Waals surface area contributed by atoms with E-state index in [1.165, 1.54) is 18.6 Å². The Balaban J connectivity index is 1.30. The van der Waals surface area contributed by atoms with E-state index in [0.717, 1.165) is 43.4 Å². The number of carbonyl (C=O) groups excluding carboxylic acids is 1. The maximum Gasteiger partial charge on any atom is 0.416 e. The van der Waals surface area contributed by atoms with Crippen molar-refractivity contribution < 1.29 is 18.0 Å². The summed E-state index contributed by atoms with van der Waals surface area (Å²) in [7, 11) is 0. The highest BCUT2D eigenvalue weighted by Gasteiger charge is 2.30. The van der Waals surface area contributed by atoms with Gasteiger partial charge in [-0.25, -0.2) is 0 Å². The first-order valence-corrected chi connectivity index (χ1v) is 11.5. The summed E-state index contributed by atoms with van der Waals surface area (Å²) in [5.74, 6) is 2.03. The lowest BCUT2D eigenvalue weighted by Crippen LogP contribution is -2.33. The third-order valence-corrected chi connectivity index (χ3v) is 6.48. The van der Waals surface area contributed by atoms with Crippen molar-refractivity contribution in [2.24, 2.45) is 5.92 Å². The summed E-state index contributed by atoms with van der Waals surface area (Å²) in [6.45, 7) is 3.12. The molecule has 1 aromatic carbocycles. The number of benzene rings is 1. The summed E-state index contributed by atoms with van der Waals surface area (Å²) in [5, 5.41) is 11.7. The van der Waals surface area contributed by atoms with Gasteiger partial charge in [0.25, 0.3) is 0 Å². The van der Waals surface area contributed by atoms with E-state index < -0.39 is 11.7 Å². The molecule has 1 N–H and O–H groups in total. The molecule has 2 aliphatic rings. The van der Waals surface area contributed by atoms with Crippen molar-refractivity contribution >= 4 is 5.91 Å². The fourth-order valence-corrected chi connectivity index (χ4v) is 4.68. The Morgan fingerprint density at radius 1 is 1.09 bits per heavy atom. The summed E-state index contributed by atoms with van der Waals surface area (Å²) in [5.41, 5.74) is 0.0441. The molecular formula is C23H30F3N5O. The van der Waals surface area contributed by atoms with Crippen LogP contribution in [0.5, 0.6) is 0 Å². The molecule has 32 heavy (non-hydrogen) atoms. The molecule has 9 heteroatoms. The van der Waals surface area contributed by atoms with E-state index in [9.17, 15) is 18.0 Å². The van der Waals surface area contributed by atoms with Crippen molar-refractivity contribution in [1.29, 1.82) is 0 Å². The van der Waals surface area contributed by atoms with Crippen molar-refractivity contribution in [2.75, 3.05) is 19.6 Å². The average molecular weight is 450 g/mol. The van der Waals surface area contributed by atoms with Crippen LogP contribution in [0, 0.1) is 5.92 Å². The molecule has 2 heterocycles. The van der Waals surface area contributed by atoms with Crippen LogP contribution in [-0.4, -0.2) is 45.2 Å². The molecule has 6 nitrogen and oxygen atoms in total. The molecule has 1 aliphatic carbocycles. The molecule has 0 radical (unpaired) electrons. The first-order chi connectivity index (χ1) is 15.4. The summed E-state index contributed by atoms with van der Waals surface area (Å²) in [6.07, 6.45) is 2.44. The van der Waals surface area contributed by atoms with Gasteiger partial charge in [0.15, 0.2) is 0 Å². The van der Waals surface area contributed by atoms with E-state index >= 15 is 0 Å². The molecule has 174 valence electrons.